The van der Waals surface area contributed by atoms with E-state index in [2.05, 4.69) is 9.73 Å². The third kappa shape index (κ3) is 2.73. The van der Waals surface area contributed by atoms with E-state index in [0.717, 1.165) is 6.07 Å². The molecule has 2 rings (SSSR count). The molecule has 6 heteroatoms. The summed E-state index contributed by atoms with van der Waals surface area (Å²) in [6.07, 6.45) is 0. The Hall–Kier alpha value is -2.37. The number of hydrogen-bond acceptors (Lipinski definition) is 4. The molecular formula is C13H14FNO4. The Morgan fingerprint density at radius 3 is 2.58 bits per heavy atom. The first-order chi connectivity index (χ1) is 9.04. The van der Waals surface area contributed by atoms with Crippen LogP contribution in [0.3, 0.4) is 0 Å². The summed E-state index contributed by atoms with van der Waals surface area (Å²) in [6, 6.07) is 3.68. The number of phenolic OH excluding ortho intramolecular Hbond substituents is 1. The minimum absolute atomic E-state index is 0.218. The van der Waals surface area contributed by atoms with E-state index >= 15 is 0 Å². The van der Waals surface area contributed by atoms with Crippen LogP contribution in [-0.4, -0.2) is 18.1 Å². The summed E-state index contributed by atoms with van der Waals surface area (Å²) in [6.45, 7) is 4.00. The van der Waals surface area contributed by atoms with Crippen LogP contribution in [0.5, 0.6) is 5.75 Å². The van der Waals surface area contributed by atoms with Gasteiger partial charge in [0.25, 0.3) is 5.91 Å². The van der Waals surface area contributed by atoms with Gasteiger partial charge in [0, 0.05) is 12.4 Å². The smallest absolute Gasteiger partial charge is 0.349 e. The summed E-state index contributed by atoms with van der Waals surface area (Å²) in [4.78, 5) is 22.7. The number of carbonyl (C=O) groups excluding carboxylic acids is 1. The normalized spacial score (nSPS) is 9.68. The van der Waals surface area contributed by atoms with Crippen LogP contribution in [0.15, 0.2) is 27.4 Å². The lowest BCUT2D eigenvalue weighted by Crippen LogP contribution is -2.24. The van der Waals surface area contributed by atoms with Crippen LogP contribution in [0, 0.1) is 5.82 Å². The molecule has 0 atom stereocenters. The molecule has 0 bridgehead atoms. The van der Waals surface area contributed by atoms with Gasteiger partial charge in [-0.3, -0.25) is 4.79 Å². The highest BCUT2D eigenvalue weighted by molar-refractivity contribution is 5.96. The second-order valence-corrected chi connectivity index (χ2v) is 3.34. The van der Waals surface area contributed by atoms with Crippen LogP contribution in [0.25, 0.3) is 11.0 Å². The first kappa shape index (κ1) is 14.7. The number of aromatic hydroxyl groups is 1. The lowest BCUT2D eigenvalue weighted by Gasteiger charge is -2.02. The van der Waals surface area contributed by atoms with Gasteiger partial charge in [-0.25, -0.2) is 4.79 Å². The zero-order valence-electron chi connectivity index (χ0n) is 10.8. The Balaban J connectivity index is 0.000000861. The molecule has 19 heavy (non-hydrogen) atoms. The lowest BCUT2D eigenvalue weighted by molar-refractivity contribution is 0.0959. The second kappa shape index (κ2) is 5.99. The van der Waals surface area contributed by atoms with E-state index in [4.69, 9.17) is 5.11 Å². The zero-order chi connectivity index (χ0) is 14.6. The number of carbonyl (C=O) groups is 1. The van der Waals surface area contributed by atoms with Gasteiger partial charge in [0.15, 0.2) is 11.3 Å². The quantitative estimate of drug-likeness (QED) is 0.775. The number of phenols is 1. The maximum absolute atomic E-state index is 13.4. The molecule has 0 fully saturated rings. The number of benzene rings is 1. The van der Waals surface area contributed by atoms with Gasteiger partial charge in [-0.2, -0.15) is 4.39 Å². The third-order valence-corrected chi connectivity index (χ3v) is 2.29. The second-order valence-electron chi connectivity index (χ2n) is 3.34. The fourth-order valence-electron chi connectivity index (χ4n) is 1.43. The lowest BCUT2D eigenvalue weighted by atomic mass is 10.1. The van der Waals surface area contributed by atoms with Crippen molar-refractivity contribution < 1.29 is 18.7 Å². The minimum Gasteiger partial charge on any atom is -0.505 e. The van der Waals surface area contributed by atoms with Crippen molar-refractivity contribution in [1.29, 1.82) is 0 Å². The van der Waals surface area contributed by atoms with Gasteiger partial charge < -0.3 is 14.8 Å². The predicted octanol–water partition coefficient (Wildman–Crippen LogP) is 2.02. The minimum atomic E-state index is -1.02. The van der Waals surface area contributed by atoms with E-state index in [1.165, 1.54) is 19.2 Å². The molecule has 0 aliphatic carbocycles. The van der Waals surface area contributed by atoms with Crippen LogP contribution in [0.1, 0.15) is 24.2 Å². The highest BCUT2D eigenvalue weighted by Crippen LogP contribution is 2.24. The summed E-state index contributed by atoms with van der Waals surface area (Å²) >= 11 is 0. The van der Waals surface area contributed by atoms with Gasteiger partial charge in [-0.15, -0.1) is 0 Å². The van der Waals surface area contributed by atoms with Crippen molar-refractivity contribution in [3.8, 4) is 5.75 Å². The van der Waals surface area contributed by atoms with Crippen LogP contribution in [-0.2, 0) is 0 Å². The standard InChI is InChI=1S/C11H8FNO4.C2H6/c1-13-10(15)6-4-5-2-3-7(14)8(12)9(5)17-11(6)16;1-2/h2-4,14H,1H3,(H,13,15);1-2H3. The first-order valence-corrected chi connectivity index (χ1v) is 5.72. The van der Waals surface area contributed by atoms with E-state index in [1.54, 1.807) is 0 Å². The number of nitrogens with one attached hydrogen (secondary N) is 1. The molecule has 1 aromatic carbocycles. The maximum atomic E-state index is 13.4. The highest BCUT2D eigenvalue weighted by atomic mass is 19.1. The predicted molar refractivity (Wildman–Crippen MR) is 68.8 cm³/mol. The molecule has 0 aliphatic heterocycles. The third-order valence-electron chi connectivity index (χ3n) is 2.29. The number of rotatable bonds is 1. The summed E-state index contributed by atoms with van der Waals surface area (Å²) < 4.78 is 18.1. The Labute approximate surface area is 108 Å². The topological polar surface area (TPSA) is 79.5 Å². The molecule has 0 aliphatic rings. The number of amides is 1. The van der Waals surface area contributed by atoms with Gasteiger partial charge in [0.2, 0.25) is 5.82 Å². The van der Waals surface area contributed by atoms with Crippen molar-refractivity contribution in [2.45, 2.75) is 13.8 Å². The first-order valence-electron chi connectivity index (χ1n) is 5.72. The largest absolute Gasteiger partial charge is 0.505 e. The van der Waals surface area contributed by atoms with E-state index in [0.29, 0.717) is 0 Å². The summed E-state index contributed by atoms with van der Waals surface area (Å²) in [5, 5.41) is 11.6. The number of hydrogen-bond donors (Lipinski definition) is 2. The van der Waals surface area contributed by atoms with Crippen molar-refractivity contribution in [3.63, 3.8) is 0 Å². The van der Waals surface area contributed by atoms with Gasteiger partial charge in [0.05, 0.1) is 0 Å². The summed E-state index contributed by atoms with van der Waals surface area (Å²) in [5.74, 6) is -2.26. The molecule has 1 aromatic heterocycles. The Bertz CT molecular complexity index is 663. The fourth-order valence-corrected chi connectivity index (χ4v) is 1.43. The van der Waals surface area contributed by atoms with Gasteiger partial charge in [0.1, 0.15) is 5.56 Å². The summed E-state index contributed by atoms with van der Waals surface area (Å²) in [5.41, 5.74) is -1.55. The van der Waals surface area contributed by atoms with Crippen LogP contribution in [0.4, 0.5) is 4.39 Å². The van der Waals surface area contributed by atoms with Crippen molar-refractivity contribution in [2.24, 2.45) is 0 Å². The van der Waals surface area contributed by atoms with Gasteiger partial charge >= 0.3 is 5.63 Å². The molecule has 0 saturated heterocycles. The van der Waals surface area contributed by atoms with Crippen LogP contribution < -0.4 is 10.9 Å². The molecule has 5 nitrogen and oxygen atoms in total. The SMILES string of the molecule is CC.CNC(=O)c1cc2ccc(O)c(F)c2oc1=O. The van der Waals surface area contributed by atoms with Crippen molar-refractivity contribution in [1.82, 2.24) is 5.32 Å². The molecule has 1 amide bonds. The van der Waals surface area contributed by atoms with Gasteiger partial charge in [-0.1, -0.05) is 13.8 Å². The van der Waals surface area contributed by atoms with Crippen molar-refractivity contribution >= 4 is 16.9 Å². The van der Waals surface area contributed by atoms with Crippen LogP contribution >= 0.6 is 0 Å². The number of fused-ring (bicyclic) bond motifs is 1. The summed E-state index contributed by atoms with van der Waals surface area (Å²) in [7, 11) is 1.36. The van der Waals surface area contributed by atoms with E-state index in [9.17, 15) is 14.0 Å². The fraction of sp³-hybridized carbons (Fsp3) is 0.231. The van der Waals surface area contributed by atoms with E-state index in [-0.39, 0.29) is 16.5 Å². The van der Waals surface area contributed by atoms with Crippen molar-refractivity contribution in [3.05, 3.63) is 40.0 Å². The molecule has 0 saturated carbocycles. The molecule has 0 unspecified atom stereocenters. The van der Waals surface area contributed by atoms with Crippen LogP contribution in [0.2, 0.25) is 0 Å². The van der Waals surface area contributed by atoms with Crippen molar-refractivity contribution in [2.75, 3.05) is 7.05 Å². The average molecular weight is 267 g/mol. The Morgan fingerprint density at radius 2 is 2.00 bits per heavy atom. The molecule has 0 spiro atoms. The highest BCUT2D eigenvalue weighted by Gasteiger charge is 2.15. The molecule has 1 heterocycles. The molecule has 102 valence electrons. The van der Waals surface area contributed by atoms with E-state index in [1.807, 2.05) is 13.8 Å². The Morgan fingerprint density at radius 1 is 1.37 bits per heavy atom. The monoisotopic (exact) mass is 267 g/mol. The maximum Gasteiger partial charge on any atom is 0.349 e. The molecular weight excluding hydrogens is 253 g/mol. The average Bonchev–Trinajstić information content (AvgIpc) is 2.44. The van der Waals surface area contributed by atoms with Gasteiger partial charge in [-0.05, 0) is 18.2 Å². The molecule has 2 N–H and O–H groups in total. The Kier molecular flexibility index (Phi) is 4.63. The zero-order valence-corrected chi connectivity index (χ0v) is 10.8. The number of halogens is 1. The van der Waals surface area contributed by atoms with E-state index < -0.39 is 23.1 Å². The molecule has 0 radical (unpaired) electrons. The molecule has 2 aromatic rings.